The summed E-state index contributed by atoms with van der Waals surface area (Å²) in [6, 6.07) is 10.9. The number of amides is 1. The molecule has 0 unspecified atom stereocenters. The van der Waals surface area contributed by atoms with Crippen molar-refractivity contribution in [3.63, 3.8) is 0 Å². The van der Waals surface area contributed by atoms with Crippen LogP contribution in [0.3, 0.4) is 0 Å². The lowest BCUT2D eigenvalue weighted by atomic mass is 10.1. The number of methoxy groups -OCH3 is 1. The molecular formula is C20H21Cl2NO3. The van der Waals surface area contributed by atoms with E-state index in [1.165, 1.54) is 6.08 Å². The van der Waals surface area contributed by atoms with E-state index < -0.39 is 0 Å². The van der Waals surface area contributed by atoms with Crippen molar-refractivity contribution in [1.29, 1.82) is 0 Å². The highest BCUT2D eigenvalue weighted by atomic mass is 35.5. The predicted octanol–water partition coefficient (Wildman–Crippen LogP) is 5.07. The van der Waals surface area contributed by atoms with Gasteiger partial charge in [-0.3, -0.25) is 4.79 Å². The Morgan fingerprint density at radius 3 is 2.50 bits per heavy atom. The van der Waals surface area contributed by atoms with Crippen molar-refractivity contribution in [3.8, 4) is 11.5 Å². The van der Waals surface area contributed by atoms with Gasteiger partial charge in [0.25, 0.3) is 0 Å². The highest BCUT2D eigenvalue weighted by Crippen LogP contribution is 2.36. The molecule has 6 heteroatoms. The first-order valence-electron chi connectivity index (χ1n) is 8.12. The molecule has 2 rings (SSSR count). The van der Waals surface area contributed by atoms with Gasteiger partial charge >= 0.3 is 0 Å². The van der Waals surface area contributed by atoms with Crippen LogP contribution in [0, 0.1) is 0 Å². The summed E-state index contributed by atoms with van der Waals surface area (Å²) in [6.45, 7) is 2.85. The third-order valence-electron chi connectivity index (χ3n) is 3.67. The lowest BCUT2D eigenvalue weighted by Gasteiger charge is -2.15. The van der Waals surface area contributed by atoms with Crippen molar-refractivity contribution in [2.75, 3.05) is 20.8 Å². The fourth-order valence-corrected chi connectivity index (χ4v) is 2.76. The topological polar surface area (TPSA) is 38.8 Å². The van der Waals surface area contributed by atoms with Gasteiger partial charge in [-0.15, -0.1) is 0 Å². The summed E-state index contributed by atoms with van der Waals surface area (Å²) in [6.07, 6.45) is 3.20. The molecule has 0 saturated carbocycles. The Kier molecular flexibility index (Phi) is 7.37. The van der Waals surface area contributed by atoms with Gasteiger partial charge < -0.3 is 14.4 Å². The van der Waals surface area contributed by atoms with Crippen LogP contribution in [0.25, 0.3) is 6.08 Å². The van der Waals surface area contributed by atoms with Crippen molar-refractivity contribution >= 4 is 35.2 Å². The summed E-state index contributed by atoms with van der Waals surface area (Å²) in [4.78, 5) is 13.9. The zero-order valence-corrected chi connectivity index (χ0v) is 16.5. The van der Waals surface area contributed by atoms with Crippen LogP contribution < -0.4 is 9.47 Å². The summed E-state index contributed by atoms with van der Waals surface area (Å²) in [5.41, 5.74) is 1.76. The molecule has 0 bridgehead atoms. The van der Waals surface area contributed by atoms with E-state index in [0.717, 1.165) is 11.1 Å². The minimum Gasteiger partial charge on any atom is -0.493 e. The van der Waals surface area contributed by atoms with E-state index in [1.807, 2.05) is 19.1 Å². The Morgan fingerprint density at radius 1 is 1.19 bits per heavy atom. The molecule has 138 valence electrons. The molecule has 0 atom stereocenters. The molecule has 0 saturated heterocycles. The Bertz CT molecular complexity index is 788. The fourth-order valence-electron chi connectivity index (χ4n) is 2.36. The Morgan fingerprint density at radius 2 is 1.88 bits per heavy atom. The second kappa shape index (κ2) is 9.51. The minimum atomic E-state index is -0.121. The van der Waals surface area contributed by atoms with Crippen LogP contribution in [0.2, 0.25) is 10.0 Å². The summed E-state index contributed by atoms with van der Waals surface area (Å²) >= 11 is 12.1. The standard InChI is InChI=1S/C20H21Cl2NO3/c1-4-26-20-17(22)11-15(12-18(20)25-3)7-10-19(24)23(2)13-14-5-8-16(21)9-6-14/h5-12H,4,13H2,1-3H3. The van der Waals surface area contributed by atoms with Gasteiger partial charge in [0, 0.05) is 24.7 Å². The van der Waals surface area contributed by atoms with Crippen molar-refractivity contribution in [2.45, 2.75) is 13.5 Å². The summed E-state index contributed by atoms with van der Waals surface area (Å²) in [5, 5.41) is 1.11. The van der Waals surface area contributed by atoms with Crippen LogP contribution in [0.1, 0.15) is 18.1 Å². The number of ether oxygens (including phenoxy) is 2. The van der Waals surface area contributed by atoms with E-state index in [9.17, 15) is 4.79 Å². The summed E-state index contributed by atoms with van der Waals surface area (Å²) in [7, 11) is 3.29. The molecule has 0 aliphatic carbocycles. The molecule has 26 heavy (non-hydrogen) atoms. The molecule has 0 N–H and O–H groups in total. The maximum atomic E-state index is 12.3. The molecule has 0 heterocycles. The number of carbonyl (C=O) groups excluding carboxylic acids is 1. The average molecular weight is 394 g/mol. The van der Waals surface area contributed by atoms with Gasteiger partial charge in [-0.2, -0.15) is 0 Å². The number of nitrogens with zero attached hydrogens (tertiary/aromatic N) is 1. The second-order valence-corrected chi connectivity index (χ2v) is 6.46. The molecule has 0 radical (unpaired) electrons. The Labute approximate surface area is 163 Å². The number of halogens is 2. The van der Waals surface area contributed by atoms with Gasteiger partial charge in [-0.25, -0.2) is 0 Å². The van der Waals surface area contributed by atoms with Crippen molar-refractivity contribution in [1.82, 2.24) is 4.90 Å². The second-order valence-electron chi connectivity index (χ2n) is 5.62. The maximum Gasteiger partial charge on any atom is 0.246 e. The van der Waals surface area contributed by atoms with E-state index in [-0.39, 0.29) is 5.91 Å². The average Bonchev–Trinajstić information content (AvgIpc) is 2.63. The number of hydrogen-bond acceptors (Lipinski definition) is 3. The third kappa shape index (κ3) is 5.41. The first-order valence-corrected chi connectivity index (χ1v) is 8.88. The van der Waals surface area contributed by atoms with E-state index >= 15 is 0 Å². The van der Waals surface area contributed by atoms with E-state index in [1.54, 1.807) is 49.4 Å². The van der Waals surface area contributed by atoms with E-state index in [4.69, 9.17) is 32.7 Å². The summed E-state index contributed by atoms with van der Waals surface area (Å²) < 4.78 is 10.8. The van der Waals surface area contributed by atoms with Crippen LogP contribution in [-0.2, 0) is 11.3 Å². The quantitative estimate of drug-likeness (QED) is 0.616. The first kappa shape index (κ1) is 20.1. The minimum absolute atomic E-state index is 0.121. The van der Waals surface area contributed by atoms with Crippen LogP contribution in [0.5, 0.6) is 11.5 Å². The van der Waals surface area contributed by atoms with Crippen LogP contribution in [0.4, 0.5) is 0 Å². The normalized spacial score (nSPS) is 10.8. The molecule has 1 amide bonds. The smallest absolute Gasteiger partial charge is 0.246 e. The molecule has 0 fully saturated rings. The van der Waals surface area contributed by atoms with E-state index in [0.29, 0.717) is 34.7 Å². The maximum absolute atomic E-state index is 12.3. The molecule has 2 aromatic carbocycles. The Hall–Kier alpha value is -2.17. The van der Waals surface area contributed by atoms with Crippen molar-refractivity contribution in [2.24, 2.45) is 0 Å². The summed E-state index contributed by atoms with van der Waals surface area (Å²) in [5.74, 6) is 0.907. The van der Waals surface area contributed by atoms with Gasteiger partial charge in [-0.05, 0) is 48.4 Å². The molecule has 0 aliphatic rings. The van der Waals surface area contributed by atoms with Crippen LogP contribution in [0.15, 0.2) is 42.5 Å². The van der Waals surface area contributed by atoms with Gasteiger partial charge in [-0.1, -0.05) is 35.3 Å². The Balaban J connectivity index is 2.09. The highest BCUT2D eigenvalue weighted by molar-refractivity contribution is 6.32. The van der Waals surface area contributed by atoms with Crippen LogP contribution >= 0.6 is 23.2 Å². The van der Waals surface area contributed by atoms with Gasteiger partial charge in [0.2, 0.25) is 5.91 Å². The van der Waals surface area contributed by atoms with Gasteiger partial charge in [0.05, 0.1) is 18.7 Å². The van der Waals surface area contributed by atoms with Gasteiger partial charge in [0.15, 0.2) is 11.5 Å². The number of hydrogen-bond donors (Lipinski definition) is 0. The predicted molar refractivity (Wildman–Crippen MR) is 106 cm³/mol. The van der Waals surface area contributed by atoms with Crippen LogP contribution in [-0.4, -0.2) is 31.6 Å². The van der Waals surface area contributed by atoms with Crippen molar-refractivity contribution in [3.05, 3.63) is 63.6 Å². The first-order chi connectivity index (χ1) is 12.4. The zero-order valence-electron chi connectivity index (χ0n) is 15.0. The number of carbonyl (C=O) groups is 1. The van der Waals surface area contributed by atoms with Gasteiger partial charge in [0.1, 0.15) is 0 Å². The SMILES string of the molecule is CCOc1c(Cl)cc(C=CC(=O)N(C)Cc2ccc(Cl)cc2)cc1OC. The molecule has 4 nitrogen and oxygen atoms in total. The third-order valence-corrected chi connectivity index (χ3v) is 4.20. The molecule has 0 spiro atoms. The number of likely N-dealkylation sites (N-methyl/N-ethyl adjacent to an activating group) is 1. The molecule has 0 aromatic heterocycles. The molecule has 0 aliphatic heterocycles. The van der Waals surface area contributed by atoms with Crippen molar-refractivity contribution < 1.29 is 14.3 Å². The lowest BCUT2D eigenvalue weighted by molar-refractivity contribution is -0.125. The fraction of sp³-hybridized carbons (Fsp3) is 0.250. The highest BCUT2D eigenvalue weighted by Gasteiger charge is 2.11. The zero-order chi connectivity index (χ0) is 19.1. The lowest BCUT2D eigenvalue weighted by Crippen LogP contribution is -2.24. The van der Waals surface area contributed by atoms with E-state index in [2.05, 4.69) is 0 Å². The monoisotopic (exact) mass is 393 g/mol. The number of benzene rings is 2. The molecular weight excluding hydrogens is 373 g/mol. The molecule has 2 aromatic rings. The number of rotatable bonds is 7. The largest absolute Gasteiger partial charge is 0.493 e.